The number of carbonyl (C=O) groups excluding carboxylic acids is 1. The fraction of sp³-hybridized carbons (Fsp3) is 0.333. The van der Waals surface area contributed by atoms with E-state index in [4.69, 9.17) is 4.74 Å². The Hall–Kier alpha value is -2.97. The van der Waals surface area contributed by atoms with Gasteiger partial charge in [-0.25, -0.2) is 9.78 Å². The molecule has 0 bridgehead atoms. The number of aromatic nitrogens is 1. The summed E-state index contributed by atoms with van der Waals surface area (Å²) in [6.07, 6.45) is -3.12. The van der Waals surface area contributed by atoms with E-state index in [1.807, 2.05) is 19.1 Å². The molecule has 0 spiro atoms. The number of amides is 2. The topological polar surface area (TPSA) is 72.5 Å². The molecule has 6 nitrogen and oxygen atoms in total. The summed E-state index contributed by atoms with van der Waals surface area (Å²) in [6.45, 7) is 0.527. The monoisotopic (exact) mass is 383 g/mol. The molecule has 0 fully saturated rings. The van der Waals surface area contributed by atoms with Gasteiger partial charge in [0, 0.05) is 18.8 Å². The maximum absolute atomic E-state index is 12.2. The summed E-state index contributed by atoms with van der Waals surface area (Å²) >= 11 is 0. The molecule has 0 saturated carbocycles. The van der Waals surface area contributed by atoms with Crippen molar-refractivity contribution in [3.05, 3.63) is 53.7 Å². The second kappa shape index (κ2) is 9.11. The highest BCUT2D eigenvalue weighted by molar-refractivity contribution is 5.74. The van der Waals surface area contributed by atoms with Crippen LogP contribution in [0, 0.1) is 0 Å². The van der Waals surface area contributed by atoms with Gasteiger partial charge in [0.1, 0.15) is 5.75 Å². The molecule has 2 N–H and O–H groups in total. The Morgan fingerprint density at radius 3 is 2.56 bits per heavy atom. The molecule has 9 heteroatoms. The van der Waals surface area contributed by atoms with Gasteiger partial charge in [0.05, 0.1) is 13.2 Å². The lowest BCUT2D eigenvalue weighted by atomic mass is 10.1. The standard InChI is InChI=1S/C18H20F3N3O3/c1-12(14-3-5-15(26-2)6-4-14)24-17(25)23-10-13-7-8-22-16(9-13)27-11-18(19,20)21/h3-9,12H,10-11H2,1-2H3,(H2,23,24,25)/t12-/m1/s1. The summed E-state index contributed by atoms with van der Waals surface area (Å²) in [6, 6.07) is 9.56. The van der Waals surface area contributed by atoms with Crippen LogP contribution in [0.25, 0.3) is 0 Å². The first kappa shape index (κ1) is 20.3. The van der Waals surface area contributed by atoms with Gasteiger partial charge >= 0.3 is 12.2 Å². The normalized spacial score (nSPS) is 12.2. The Morgan fingerprint density at radius 2 is 1.93 bits per heavy atom. The quantitative estimate of drug-likeness (QED) is 0.767. The van der Waals surface area contributed by atoms with Crippen molar-refractivity contribution in [2.24, 2.45) is 0 Å². The molecular weight excluding hydrogens is 363 g/mol. The number of benzene rings is 1. The van der Waals surface area contributed by atoms with E-state index < -0.39 is 18.8 Å². The average molecular weight is 383 g/mol. The Balaban J connectivity index is 1.84. The molecule has 0 aliphatic rings. The molecule has 2 rings (SSSR count). The molecule has 0 radical (unpaired) electrons. The van der Waals surface area contributed by atoms with Crippen molar-refractivity contribution in [1.82, 2.24) is 15.6 Å². The zero-order valence-electron chi connectivity index (χ0n) is 14.8. The van der Waals surface area contributed by atoms with Crippen LogP contribution >= 0.6 is 0 Å². The first-order chi connectivity index (χ1) is 12.8. The second-order valence-corrected chi connectivity index (χ2v) is 5.73. The van der Waals surface area contributed by atoms with Crippen LogP contribution in [0.4, 0.5) is 18.0 Å². The lowest BCUT2D eigenvalue weighted by molar-refractivity contribution is -0.154. The van der Waals surface area contributed by atoms with Crippen molar-refractivity contribution >= 4 is 6.03 Å². The van der Waals surface area contributed by atoms with E-state index in [9.17, 15) is 18.0 Å². The van der Waals surface area contributed by atoms with E-state index in [0.29, 0.717) is 5.56 Å². The number of rotatable bonds is 7. The minimum absolute atomic E-state index is 0.117. The largest absolute Gasteiger partial charge is 0.497 e. The molecule has 0 unspecified atom stereocenters. The maximum atomic E-state index is 12.2. The molecule has 146 valence electrons. The molecule has 1 heterocycles. The summed E-state index contributed by atoms with van der Waals surface area (Å²) in [5.41, 5.74) is 1.46. The maximum Gasteiger partial charge on any atom is 0.422 e. The summed E-state index contributed by atoms with van der Waals surface area (Å²) in [7, 11) is 1.57. The Kier molecular flexibility index (Phi) is 6.86. The minimum Gasteiger partial charge on any atom is -0.497 e. The van der Waals surface area contributed by atoms with E-state index in [1.165, 1.54) is 12.3 Å². The third kappa shape index (κ3) is 7.04. The van der Waals surface area contributed by atoms with Gasteiger partial charge in [0.25, 0.3) is 0 Å². The Morgan fingerprint density at radius 1 is 1.22 bits per heavy atom. The molecule has 27 heavy (non-hydrogen) atoms. The predicted octanol–water partition coefficient (Wildman–Crippen LogP) is 3.59. The predicted molar refractivity (Wildman–Crippen MR) is 92.6 cm³/mol. The van der Waals surface area contributed by atoms with Gasteiger partial charge in [-0.3, -0.25) is 0 Å². The van der Waals surface area contributed by atoms with E-state index >= 15 is 0 Å². The third-order valence-corrected chi connectivity index (χ3v) is 3.60. The van der Waals surface area contributed by atoms with Crippen LogP contribution in [0.2, 0.25) is 0 Å². The average Bonchev–Trinajstić information content (AvgIpc) is 2.64. The number of carbonyl (C=O) groups is 1. The van der Waals surface area contributed by atoms with Gasteiger partial charge < -0.3 is 20.1 Å². The molecule has 2 aromatic rings. The number of hydrogen-bond donors (Lipinski definition) is 2. The van der Waals surface area contributed by atoms with Crippen LogP contribution < -0.4 is 20.1 Å². The third-order valence-electron chi connectivity index (χ3n) is 3.60. The van der Waals surface area contributed by atoms with Crippen LogP contribution in [-0.4, -0.2) is 30.9 Å². The van der Waals surface area contributed by atoms with Crippen molar-refractivity contribution in [2.75, 3.05) is 13.7 Å². The van der Waals surface area contributed by atoms with Gasteiger partial charge in [-0.2, -0.15) is 13.2 Å². The number of urea groups is 1. The van der Waals surface area contributed by atoms with Crippen LogP contribution in [0.3, 0.4) is 0 Å². The molecule has 1 atom stereocenters. The van der Waals surface area contributed by atoms with Gasteiger partial charge in [0.2, 0.25) is 5.88 Å². The minimum atomic E-state index is -4.44. The number of halogens is 3. The van der Waals surface area contributed by atoms with Crippen LogP contribution in [0.1, 0.15) is 24.1 Å². The van der Waals surface area contributed by atoms with E-state index in [-0.39, 0.29) is 18.5 Å². The van der Waals surface area contributed by atoms with E-state index in [1.54, 1.807) is 25.3 Å². The zero-order valence-corrected chi connectivity index (χ0v) is 14.8. The first-order valence-corrected chi connectivity index (χ1v) is 8.09. The summed E-state index contributed by atoms with van der Waals surface area (Å²) in [5, 5.41) is 5.42. The van der Waals surface area contributed by atoms with Crippen LogP contribution in [0.15, 0.2) is 42.6 Å². The number of hydrogen-bond acceptors (Lipinski definition) is 4. The Labute approximate surface area is 154 Å². The van der Waals surface area contributed by atoms with Crippen LogP contribution in [0.5, 0.6) is 11.6 Å². The van der Waals surface area contributed by atoms with E-state index in [0.717, 1.165) is 11.3 Å². The fourth-order valence-corrected chi connectivity index (χ4v) is 2.20. The number of methoxy groups -OCH3 is 1. The summed E-state index contributed by atoms with van der Waals surface area (Å²) < 4.78 is 46.2. The molecule has 0 aliphatic heterocycles. The van der Waals surface area contributed by atoms with Crippen molar-refractivity contribution in [3.8, 4) is 11.6 Å². The number of nitrogens with one attached hydrogen (secondary N) is 2. The number of nitrogens with zero attached hydrogens (tertiary/aromatic N) is 1. The van der Waals surface area contributed by atoms with Crippen molar-refractivity contribution < 1.29 is 27.4 Å². The molecular formula is C18H20F3N3O3. The van der Waals surface area contributed by atoms with Gasteiger partial charge in [-0.05, 0) is 36.2 Å². The molecule has 2 amide bonds. The lowest BCUT2D eigenvalue weighted by Crippen LogP contribution is -2.36. The first-order valence-electron chi connectivity index (χ1n) is 8.09. The molecule has 1 aromatic carbocycles. The van der Waals surface area contributed by atoms with Crippen molar-refractivity contribution in [2.45, 2.75) is 25.7 Å². The zero-order chi connectivity index (χ0) is 19.9. The van der Waals surface area contributed by atoms with Crippen molar-refractivity contribution in [1.29, 1.82) is 0 Å². The lowest BCUT2D eigenvalue weighted by Gasteiger charge is -2.15. The van der Waals surface area contributed by atoms with Crippen molar-refractivity contribution in [3.63, 3.8) is 0 Å². The van der Waals surface area contributed by atoms with Crippen LogP contribution in [-0.2, 0) is 6.54 Å². The van der Waals surface area contributed by atoms with E-state index in [2.05, 4.69) is 20.4 Å². The molecule has 1 aromatic heterocycles. The number of ether oxygens (including phenoxy) is 2. The fourth-order valence-electron chi connectivity index (χ4n) is 2.20. The molecule has 0 saturated heterocycles. The smallest absolute Gasteiger partial charge is 0.422 e. The highest BCUT2D eigenvalue weighted by Gasteiger charge is 2.28. The summed E-state index contributed by atoms with van der Waals surface area (Å²) in [5.74, 6) is 0.565. The van der Waals surface area contributed by atoms with Gasteiger partial charge in [0.15, 0.2) is 6.61 Å². The highest BCUT2D eigenvalue weighted by Crippen LogP contribution is 2.18. The van der Waals surface area contributed by atoms with Gasteiger partial charge in [-0.15, -0.1) is 0 Å². The molecule has 0 aliphatic carbocycles. The second-order valence-electron chi connectivity index (χ2n) is 5.73. The number of pyridine rings is 1. The van der Waals surface area contributed by atoms with Gasteiger partial charge in [-0.1, -0.05) is 12.1 Å². The SMILES string of the molecule is COc1ccc([C@@H](C)NC(=O)NCc2ccnc(OCC(F)(F)F)c2)cc1. The Bertz CT molecular complexity index is 752. The highest BCUT2D eigenvalue weighted by atomic mass is 19.4. The number of alkyl halides is 3. The summed E-state index contributed by atoms with van der Waals surface area (Å²) in [4.78, 5) is 15.7.